The molecule has 0 aromatic carbocycles. The molecule has 0 aromatic heterocycles. The highest BCUT2D eigenvalue weighted by Crippen LogP contribution is 2.21. The number of allylic oxidation sites excluding steroid dienone is 2. The maximum atomic E-state index is 6.51. The third-order valence-corrected chi connectivity index (χ3v) is 10.9. The van der Waals surface area contributed by atoms with Crippen LogP contribution in [0.5, 0.6) is 0 Å². The number of likely N-dealkylation sites (N-methyl/N-ethyl adjacent to an activating group) is 1. The summed E-state index contributed by atoms with van der Waals surface area (Å²) in [6.45, 7) is 21.1. The average Bonchev–Trinajstić information content (AvgIpc) is 3.13. The molecule has 310 valence electrons. The highest BCUT2D eigenvalue weighted by atomic mass is 16.5. The Morgan fingerprint density at radius 3 is 1.29 bits per heavy atom. The van der Waals surface area contributed by atoms with Gasteiger partial charge in [-0.2, -0.15) is 0 Å². The molecule has 0 fully saturated rings. The maximum absolute atomic E-state index is 6.51. The van der Waals surface area contributed by atoms with Gasteiger partial charge in [0.15, 0.2) is 0 Å². The van der Waals surface area contributed by atoms with Gasteiger partial charge in [0.2, 0.25) is 0 Å². The predicted molar refractivity (Wildman–Crippen MR) is 233 cm³/mol. The van der Waals surface area contributed by atoms with E-state index >= 15 is 0 Å². The average molecular weight is 733 g/mol. The lowest BCUT2D eigenvalue weighted by atomic mass is 10.0. The van der Waals surface area contributed by atoms with Crippen LogP contribution in [0.4, 0.5) is 0 Å². The Hall–Kier alpha value is -1.00. The third-order valence-electron chi connectivity index (χ3n) is 10.9. The van der Waals surface area contributed by atoms with E-state index in [1.54, 1.807) is 0 Å². The molecule has 0 bridgehead atoms. The Morgan fingerprint density at radius 2 is 0.808 bits per heavy atom. The van der Waals surface area contributed by atoms with Gasteiger partial charge in [0.25, 0.3) is 0 Å². The summed E-state index contributed by atoms with van der Waals surface area (Å²) >= 11 is 0. The second-order valence-electron chi connectivity index (χ2n) is 16.6. The minimum absolute atomic E-state index is 0.388. The lowest BCUT2D eigenvalue weighted by Crippen LogP contribution is -2.33. The SMILES string of the molecule is C=C(CCCCCN(CCCCCCCC(=C)OC(CCCCCCCC)CCCCCCCC)CCN(C)C)OCCCCCCCCCCC. The summed E-state index contributed by atoms with van der Waals surface area (Å²) in [5.74, 6) is 2.05. The molecule has 0 aliphatic carbocycles. The molecule has 0 N–H and O–H groups in total. The van der Waals surface area contributed by atoms with Gasteiger partial charge in [-0.25, -0.2) is 0 Å². The van der Waals surface area contributed by atoms with Crippen LogP contribution in [0.2, 0.25) is 0 Å². The molecule has 0 saturated heterocycles. The van der Waals surface area contributed by atoms with E-state index in [1.165, 1.54) is 219 Å². The Morgan fingerprint density at radius 1 is 0.423 bits per heavy atom. The van der Waals surface area contributed by atoms with Crippen molar-refractivity contribution in [3.63, 3.8) is 0 Å². The van der Waals surface area contributed by atoms with E-state index in [9.17, 15) is 0 Å². The molecule has 52 heavy (non-hydrogen) atoms. The van der Waals surface area contributed by atoms with E-state index in [-0.39, 0.29) is 0 Å². The van der Waals surface area contributed by atoms with Crippen molar-refractivity contribution in [2.75, 3.05) is 46.9 Å². The summed E-state index contributed by atoms with van der Waals surface area (Å²) in [6, 6.07) is 0. The zero-order chi connectivity index (χ0) is 38.2. The second-order valence-corrected chi connectivity index (χ2v) is 16.6. The Kier molecular flexibility index (Phi) is 40.4. The van der Waals surface area contributed by atoms with Crippen molar-refractivity contribution in [2.24, 2.45) is 0 Å². The molecular formula is C48H96N2O2. The molecule has 0 spiro atoms. The molecule has 0 unspecified atom stereocenters. The van der Waals surface area contributed by atoms with E-state index in [2.05, 4.69) is 57.8 Å². The smallest absolute Gasteiger partial charge is 0.0982 e. The number of hydrogen-bond acceptors (Lipinski definition) is 4. The zero-order valence-electron chi connectivity index (χ0n) is 36.6. The fourth-order valence-corrected chi connectivity index (χ4v) is 7.26. The standard InChI is InChI=1S/C48H96N2O2/c1-8-11-14-17-20-21-22-28-36-45-51-46(4)37-31-29-35-42-50(44-43-49(6)7)41-34-27-23-24-30-38-47(5)52-48(39-32-25-18-15-12-9-2)40-33-26-19-16-13-10-3/h48H,4-5,8-45H2,1-3,6-7H3. The number of nitrogens with zero attached hydrogens (tertiary/aromatic N) is 2. The van der Waals surface area contributed by atoms with Crippen LogP contribution in [-0.4, -0.2) is 62.8 Å². The maximum Gasteiger partial charge on any atom is 0.0982 e. The van der Waals surface area contributed by atoms with E-state index in [4.69, 9.17) is 9.47 Å². The lowest BCUT2D eigenvalue weighted by Gasteiger charge is -2.24. The van der Waals surface area contributed by atoms with E-state index in [0.717, 1.165) is 37.5 Å². The van der Waals surface area contributed by atoms with Crippen molar-refractivity contribution in [2.45, 2.75) is 239 Å². The zero-order valence-corrected chi connectivity index (χ0v) is 36.6. The minimum Gasteiger partial charge on any atom is -0.499 e. The van der Waals surface area contributed by atoms with Crippen molar-refractivity contribution in [1.29, 1.82) is 0 Å². The molecule has 4 heteroatoms. The van der Waals surface area contributed by atoms with Gasteiger partial charge in [-0.05, 0) is 85.0 Å². The monoisotopic (exact) mass is 733 g/mol. The first-order valence-electron chi connectivity index (χ1n) is 23.4. The molecular weight excluding hydrogens is 637 g/mol. The molecule has 4 nitrogen and oxygen atoms in total. The Balaban J connectivity index is 4.12. The molecule has 0 aliphatic rings. The van der Waals surface area contributed by atoms with Gasteiger partial charge in [-0.15, -0.1) is 0 Å². The Bertz CT molecular complexity index is 722. The van der Waals surface area contributed by atoms with Crippen molar-refractivity contribution >= 4 is 0 Å². The highest BCUT2D eigenvalue weighted by Gasteiger charge is 2.12. The highest BCUT2D eigenvalue weighted by molar-refractivity contribution is 4.84. The van der Waals surface area contributed by atoms with Gasteiger partial charge in [-0.1, -0.05) is 175 Å². The van der Waals surface area contributed by atoms with E-state index in [1.807, 2.05) is 0 Å². The second kappa shape index (κ2) is 41.2. The van der Waals surface area contributed by atoms with Crippen LogP contribution in [0.3, 0.4) is 0 Å². The fraction of sp³-hybridized carbons (Fsp3) is 0.917. The van der Waals surface area contributed by atoms with Crippen LogP contribution >= 0.6 is 0 Å². The fourth-order valence-electron chi connectivity index (χ4n) is 7.26. The quantitative estimate of drug-likeness (QED) is 0.0460. The van der Waals surface area contributed by atoms with Gasteiger partial charge in [0.05, 0.1) is 24.2 Å². The first-order valence-corrected chi connectivity index (χ1v) is 23.4. The minimum atomic E-state index is 0.388. The first kappa shape index (κ1) is 51.0. The Labute approximate surface area is 328 Å². The topological polar surface area (TPSA) is 24.9 Å². The van der Waals surface area contributed by atoms with Crippen LogP contribution in [0.15, 0.2) is 24.7 Å². The van der Waals surface area contributed by atoms with Crippen LogP contribution in [0, 0.1) is 0 Å². The van der Waals surface area contributed by atoms with Crippen LogP contribution < -0.4 is 0 Å². The van der Waals surface area contributed by atoms with Crippen molar-refractivity contribution in [3.05, 3.63) is 24.7 Å². The first-order chi connectivity index (χ1) is 25.4. The largest absolute Gasteiger partial charge is 0.499 e. The normalized spacial score (nSPS) is 11.7. The van der Waals surface area contributed by atoms with Gasteiger partial charge in [-0.3, -0.25) is 0 Å². The molecule has 0 radical (unpaired) electrons. The molecule has 0 aliphatic heterocycles. The lowest BCUT2D eigenvalue weighted by molar-refractivity contribution is 0.0895. The summed E-state index contributed by atoms with van der Waals surface area (Å²) in [6.07, 6.45) is 43.7. The molecule has 0 rings (SSSR count). The van der Waals surface area contributed by atoms with Gasteiger partial charge < -0.3 is 19.3 Å². The number of ether oxygens (including phenoxy) is 2. The summed E-state index contributed by atoms with van der Waals surface area (Å²) in [4.78, 5) is 5.03. The van der Waals surface area contributed by atoms with Crippen LogP contribution in [0.1, 0.15) is 233 Å². The van der Waals surface area contributed by atoms with E-state index in [0.29, 0.717) is 6.10 Å². The predicted octanol–water partition coefficient (Wildman–Crippen LogP) is 15.2. The van der Waals surface area contributed by atoms with Crippen LogP contribution in [-0.2, 0) is 9.47 Å². The van der Waals surface area contributed by atoms with Gasteiger partial charge in [0, 0.05) is 25.9 Å². The third kappa shape index (κ3) is 38.7. The van der Waals surface area contributed by atoms with E-state index < -0.39 is 0 Å². The number of rotatable bonds is 44. The van der Waals surface area contributed by atoms with Crippen molar-refractivity contribution in [3.8, 4) is 0 Å². The summed E-state index contributed by atoms with van der Waals surface area (Å²) in [5.41, 5.74) is 0. The summed E-state index contributed by atoms with van der Waals surface area (Å²) in [5, 5.41) is 0. The molecule has 0 heterocycles. The molecule has 0 saturated carbocycles. The van der Waals surface area contributed by atoms with Crippen LogP contribution in [0.25, 0.3) is 0 Å². The summed E-state index contributed by atoms with van der Waals surface area (Å²) in [7, 11) is 4.39. The molecule has 0 aromatic rings. The van der Waals surface area contributed by atoms with Crippen molar-refractivity contribution < 1.29 is 9.47 Å². The number of unbranched alkanes of at least 4 members (excludes halogenated alkanes) is 24. The molecule has 0 amide bonds. The summed E-state index contributed by atoms with van der Waals surface area (Å²) < 4.78 is 12.5. The van der Waals surface area contributed by atoms with Gasteiger partial charge in [0.1, 0.15) is 0 Å². The van der Waals surface area contributed by atoms with Gasteiger partial charge >= 0.3 is 0 Å². The van der Waals surface area contributed by atoms with Crippen molar-refractivity contribution in [1.82, 2.24) is 9.80 Å². The number of hydrogen-bond donors (Lipinski definition) is 0. The molecule has 0 atom stereocenters.